The zero-order valence-electron chi connectivity index (χ0n) is 18.0. The van der Waals surface area contributed by atoms with E-state index in [1.165, 1.54) is 4.58 Å². The number of hydrogen-bond acceptors (Lipinski definition) is 6. The third-order valence-electron chi connectivity index (χ3n) is 5.91. The van der Waals surface area contributed by atoms with E-state index in [0.717, 1.165) is 11.3 Å². The van der Waals surface area contributed by atoms with Crippen LogP contribution >= 0.6 is 0 Å². The molecule has 9 nitrogen and oxygen atoms in total. The predicted molar refractivity (Wildman–Crippen MR) is 116 cm³/mol. The van der Waals surface area contributed by atoms with E-state index in [4.69, 9.17) is 4.74 Å². The van der Waals surface area contributed by atoms with Gasteiger partial charge in [-0.1, -0.05) is 24.3 Å². The summed E-state index contributed by atoms with van der Waals surface area (Å²) in [5, 5.41) is 3.92. The van der Waals surface area contributed by atoms with Crippen molar-refractivity contribution in [2.24, 2.45) is 10.9 Å². The van der Waals surface area contributed by atoms with Crippen LogP contribution in [0.4, 0.5) is 0 Å². The summed E-state index contributed by atoms with van der Waals surface area (Å²) in [4.78, 5) is 40.6. The van der Waals surface area contributed by atoms with Gasteiger partial charge in [0.2, 0.25) is 11.3 Å². The molecule has 0 spiro atoms. The lowest BCUT2D eigenvalue weighted by molar-refractivity contribution is -0.139. The molecule has 4 rings (SSSR count). The molecule has 1 saturated heterocycles. The lowest BCUT2D eigenvalue weighted by Gasteiger charge is -2.21. The zero-order valence-corrected chi connectivity index (χ0v) is 18.0. The molecule has 0 aromatic heterocycles. The number of amides is 3. The quantitative estimate of drug-likeness (QED) is 0.388. The lowest BCUT2D eigenvalue weighted by Crippen LogP contribution is -2.52. The Hall–Kier alpha value is -3.43. The average molecular weight is 436 g/mol. The predicted octanol–water partition coefficient (Wildman–Crippen LogP) is -0.767. The molecule has 1 fully saturated rings. The van der Waals surface area contributed by atoms with Crippen LogP contribution in [0.2, 0.25) is 0 Å². The van der Waals surface area contributed by atoms with E-state index in [2.05, 4.69) is 21.2 Å². The summed E-state index contributed by atoms with van der Waals surface area (Å²) in [6.07, 6.45) is 0.316. The van der Waals surface area contributed by atoms with Crippen LogP contribution in [0.3, 0.4) is 0 Å². The number of para-hydroxylation sites is 2. The number of nitrogens with zero attached hydrogens (tertiary/aromatic N) is 2. The lowest BCUT2D eigenvalue weighted by atomic mass is 9.87. The first-order valence-corrected chi connectivity index (χ1v) is 10.6. The van der Waals surface area contributed by atoms with Crippen molar-refractivity contribution in [3.63, 3.8) is 0 Å². The fraction of sp³-hybridized carbons (Fsp3) is 0.348. The molecule has 2 heterocycles. The highest BCUT2D eigenvalue weighted by molar-refractivity contribution is 6.36. The third kappa shape index (κ3) is 4.44. The van der Waals surface area contributed by atoms with Gasteiger partial charge in [0, 0.05) is 24.4 Å². The Kier molecular flexibility index (Phi) is 6.38. The van der Waals surface area contributed by atoms with Gasteiger partial charge < -0.3 is 10.1 Å². The maximum Gasteiger partial charge on any atom is 0.480 e. The van der Waals surface area contributed by atoms with Crippen molar-refractivity contribution in [2.75, 3.05) is 20.2 Å². The Morgan fingerprint density at radius 3 is 2.62 bits per heavy atom. The van der Waals surface area contributed by atoms with Gasteiger partial charge in [-0.2, -0.15) is 4.99 Å². The van der Waals surface area contributed by atoms with Gasteiger partial charge in [-0.3, -0.25) is 15.0 Å². The van der Waals surface area contributed by atoms with E-state index in [0.29, 0.717) is 17.1 Å². The zero-order chi connectivity index (χ0) is 22.7. The molecule has 3 amide bonds. The molecular formula is C23H26N5O4+. The van der Waals surface area contributed by atoms with Crippen molar-refractivity contribution in [3.8, 4) is 5.75 Å². The molecule has 166 valence electrons. The molecule has 0 radical (unpaired) electrons. The number of hydrogen-bond donors (Lipinski definition) is 3. The Labute approximate surface area is 185 Å². The fourth-order valence-electron chi connectivity index (χ4n) is 4.14. The van der Waals surface area contributed by atoms with Crippen molar-refractivity contribution >= 4 is 17.7 Å². The summed E-state index contributed by atoms with van der Waals surface area (Å²) in [5.41, 5.74) is 7.56. The van der Waals surface area contributed by atoms with Crippen LogP contribution < -0.4 is 36.2 Å². The van der Waals surface area contributed by atoms with Gasteiger partial charge in [-0.25, -0.2) is 10.2 Å². The summed E-state index contributed by atoms with van der Waals surface area (Å²) in [6, 6.07) is 14.8. The Balaban J connectivity index is 1.39. The Morgan fingerprint density at radius 1 is 1.12 bits per heavy atom. The highest BCUT2D eigenvalue weighted by atomic mass is 16.5. The average Bonchev–Trinajstić information content (AvgIpc) is 3.16. The van der Waals surface area contributed by atoms with Gasteiger partial charge in [0.1, 0.15) is 11.1 Å². The van der Waals surface area contributed by atoms with Crippen LogP contribution in [0.1, 0.15) is 24.9 Å². The number of fused-ring (bicyclic) bond motifs is 1. The van der Waals surface area contributed by atoms with Gasteiger partial charge in [0.15, 0.2) is 6.54 Å². The standard InChI is InChI=1S/C23H25N5O4/c1-14-17(21(27-26-14)15-7-9-16(32-2)10-8-15)13-20(29)24-11-12-28-19-6-4-3-5-18(19)25-22(30)23(28)31/h3-10,14,17,21H,11-13H2,1-2H3,(H2,24,25,29,30)/p+1. The molecule has 2 aliphatic heterocycles. The fourth-order valence-corrected chi connectivity index (χ4v) is 4.14. The van der Waals surface area contributed by atoms with Crippen molar-refractivity contribution in [3.05, 3.63) is 64.8 Å². The topological polar surface area (TPSA) is 112 Å². The number of methoxy groups -OCH3 is 1. The first-order valence-electron chi connectivity index (χ1n) is 10.6. The second-order valence-corrected chi connectivity index (χ2v) is 7.91. The van der Waals surface area contributed by atoms with E-state index in [1.807, 2.05) is 31.2 Å². The summed E-state index contributed by atoms with van der Waals surface area (Å²) in [7, 11) is 1.63. The monoisotopic (exact) mass is 436 g/mol. The van der Waals surface area contributed by atoms with Crippen molar-refractivity contribution < 1.29 is 19.1 Å². The number of carbonyl (C=O) groups excluding carboxylic acids is 3. The van der Waals surface area contributed by atoms with Crippen LogP contribution in [0.25, 0.3) is 0 Å². The van der Waals surface area contributed by atoms with Crippen molar-refractivity contribution in [2.45, 2.75) is 25.4 Å². The minimum atomic E-state index is -0.797. The van der Waals surface area contributed by atoms with E-state index < -0.39 is 11.8 Å². The van der Waals surface area contributed by atoms with Gasteiger partial charge in [-0.05, 0) is 30.7 Å². The maximum absolute atomic E-state index is 12.7. The maximum atomic E-state index is 12.7. The first kappa shape index (κ1) is 21.8. The SMILES string of the molecule is COc1ccc(C2NNC(C)C2CC(=O)NCC[N+]2=c3ccccc3=NC(=O)C2=O)cc1. The molecule has 2 aromatic carbocycles. The number of benzene rings is 2. The summed E-state index contributed by atoms with van der Waals surface area (Å²) >= 11 is 0. The Bertz CT molecular complexity index is 1160. The summed E-state index contributed by atoms with van der Waals surface area (Å²) in [5.74, 6) is -0.771. The van der Waals surface area contributed by atoms with Crippen LogP contribution in [0, 0.1) is 5.92 Å². The Morgan fingerprint density at radius 2 is 1.88 bits per heavy atom. The van der Waals surface area contributed by atoms with Gasteiger partial charge in [-0.15, -0.1) is 4.58 Å². The molecule has 3 unspecified atom stereocenters. The first-order chi connectivity index (χ1) is 15.5. The molecule has 3 N–H and O–H groups in total. The molecule has 3 atom stereocenters. The highest BCUT2D eigenvalue weighted by Gasteiger charge is 2.36. The summed E-state index contributed by atoms with van der Waals surface area (Å²) in [6.45, 7) is 2.47. The van der Waals surface area contributed by atoms with E-state index in [9.17, 15) is 14.4 Å². The summed E-state index contributed by atoms with van der Waals surface area (Å²) < 4.78 is 6.59. The number of carbonyl (C=O) groups is 3. The van der Waals surface area contributed by atoms with Crippen LogP contribution in [0.15, 0.2) is 53.5 Å². The second-order valence-electron chi connectivity index (χ2n) is 7.91. The molecule has 2 aromatic rings. The third-order valence-corrected chi connectivity index (χ3v) is 5.91. The molecule has 32 heavy (non-hydrogen) atoms. The molecule has 0 saturated carbocycles. The molecule has 2 aliphatic rings. The second kappa shape index (κ2) is 9.37. The normalized spacial score (nSPS) is 22.3. The minimum absolute atomic E-state index is 0.0172. The van der Waals surface area contributed by atoms with Crippen LogP contribution in [0.5, 0.6) is 5.75 Å². The molecule has 0 aliphatic carbocycles. The van der Waals surface area contributed by atoms with Crippen LogP contribution in [-0.4, -0.2) is 44.0 Å². The molecule has 9 heteroatoms. The number of hydrazine groups is 1. The minimum Gasteiger partial charge on any atom is -0.497 e. The van der Waals surface area contributed by atoms with Gasteiger partial charge in [0.05, 0.1) is 19.7 Å². The van der Waals surface area contributed by atoms with Crippen LogP contribution in [-0.2, 0) is 14.4 Å². The van der Waals surface area contributed by atoms with Crippen molar-refractivity contribution in [1.29, 1.82) is 0 Å². The number of ether oxygens (including phenoxy) is 1. The van der Waals surface area contributed by atoms with Gasteiger partial charge >= 0.3 is 11.8 Å². The van der Waals surface area contributed by atoms with E-state index in [-0.39, 0.29) is 37.0 Å². The smallest absolute Gasteiger partial charge is 0.480 e. The van der Waals surface area contributed by atoms with E-state index >= 15 is 0 Å². The van der Waals surface area contributed by atoms with E-state index in [1.54, 1.807) is 31.4 Å². The van der Waals surface area contributed by atoms with Gasteiger partial charge in [0.25, 0.3) is 0 Å². The molecule has 0 bridgehead atoms. The number of rotatable bonds is 7. The highest BCUT2D eigenvalue weighted by Crippen LogP contribution is 2.32. The molecular weight excluding hydrogens is 410 g/mol. The number of nitrogens with one attached hydrogen (secondary N) is 3. The largest absolute Gasteiger partial charge is 0.497 e. The van der Waals surface area contributed by atoms with Crippen molar-refractivity contribution in [1.82, 2.24) is 20.7 Å².